The van der Waals surface area contributed by atoms with E-state index in [0.717, 1.165) is 37.0 Å². The SMILES string of the molecule is CC(C)OC1=CCC(NCCNC(=O)C2(NC(=O)OCc3ccccc3)CCCCC2)C=C1. The molecule has 0 heterocycles. The summed E-state index contributed by atoms with van der Waals surface area (Å²) in [4.78, 5) is 25.6. The van der Waals surface area contributed by atoms with Gasteiger partial charge in [-0.3, -0.25) is 4.79 Å². The Kier molecular flexibility index (Phi) is 9.36. The molecule has 1 fully saturated rings. The van der Waals surface area contributed by atoms with Crippen LogP contribution in [0.3, 0.4) is 0 Å². The number of carbonyl (C=O) groups excluding carboxylic acids is 2. The van der Waals surface area contributed by atoms with Crippen molar-refractivity contribution in [3.8, 4) is 0 Å². The van der Waals surface area contributed by atoms with Gasteiger partial charge < -0.3 is 25.4 Å². The maximum Gasteiger partial charge on any atom is 0.408 e. The fraction of sp³-hybridized carbons (Fsp3) is 0.538. The minimum Gasteiger partial charge on any atom is -0.491 e. The van der Waals surface area contributed by atoms with Crippen molar-refractivity contribution in [2.45, 2.75) is 76.7 Å². The molecule has 2 amide bonds. The van der Waals surface area contributed by atoms with E-state index in [1.165, 1.54) is 0 Å². The van der Waals surface area contributed by atoms with Gasteiger partial charge in [0.1, 0.15) is 17.9 Å². The summed E-state index contributed by atoms with van der Waals surface area (Å²) in [5.74, 6) is 0.771. The van der Waals surface area contributed by atoms with Gasteiger partial charge in [0, 0.05) is 19.1 Å². The predicted octanol–water partition coefficient (Wildman–Crippen LogP) is 3.96. The van der Waals surface area contributed by atoms with E-state index in [0.29, 0.717) is 25.9 Å². The molecular formula is C26H37N3O4. The number of nitrogens with one attached hydrogen (secondary N) is 3. The molecule has 3 N–H and O–H groups in total. The Bertz CT molecular complexity index is 829. The summed E-state index contributed by atoms with van der Waals surface area (Å²) in [6.07, 6.45) is 10.8. The van der Waals surface area contributed by atoms with Gasteiger partial charge in [0.15, 0.2) is 0 Å². The van der Waals surface area contributed by atoms with Crippen molar-refractivity contribution < 1.29 is 19.1 Å². The molecule has 7 nitrogen and oxygen atoms in total. The Labute approximate surface area is 197 Å². The summed E-state index contributed by atoms with van der Waals surface area (Å²) in [5.41, 5.74) is 0.0122. The van der Waals surface area contributed by atoms with E-state index in [-0.39, 0.29) is 24.7 Å². The van der Waals surface area contributed by atoms with Crippen molar-refractivity contribution in [2.75, 3.05) is 13.1 Å². The molecule has 0 spiro atoms. The van der Waals surface area contributed by atoms with Gasteiger partial charge in [0.05, 0.1) is 6.10 Å². The first kappa shape index (κ1) is 24.8. The van der Waals surface area contributed by atoms with E-state index < -0.39 is 11.6 Å². The summed E-state index contributed by atoms with van der Waals surface area (Å²) >= 11 is 0. The largest absolute Gasteiger partial charge is 0.491 e. The van der Waals surface area contributed by atoms with Crippen molar-refractivity contribution in [3.05, 3.63) is 59.9 Å². The molecule has 1 saturated carbocycles. The van der Waals surface area contributed by atoms with Gasteiger partial charge in [-0.05, 0) is 50.8 Å². The van der Waals surface area contributed by atoms with Crippen molar-refractivity contribution in [2.24, 2.45) is 0 Å². The number of ether oxygens (including phenoxy) is 2. The predicted molar refractivity (Wildman–Crippen MR) is 128 cm³/mol. The minimum absolute atomic E-state index is 0.132. The van der Waals surface area contributed by atoms with E-state index in [1.807, 2.05) is 50.3 Å². The second-order valence-electron chi connectivity index (χ2n) is 9.01. The van der Waals surface area contributed by atoms with E-state index in [2.05, 4.69) is 28.1 Å². The maximum atomic E-state index is 13.1. The molecule has 2 aliphatic rings. The minimum atomic E-state index is -0.900. The van der Waals surface area contributed by atoms with Crippen LogP contribution < -0.4 is 16.0 Å². The van der Waals surface area contributed by atoms with Crippen LogP contribution in [-0.4, -0.2) is 42.8 Å². The van der Waals surface area contributed by atoms with Crippen LogP contribution in [0.15, 0.2) is 54.3 Å². The molecule has 0 aromatic heterocycles. The fourth-order valence-corrected chi connectivity index (χ4v) is 4.23. The number of hydrogen-bond donors (Lipinski definition) is 3. The van der Waals surface area contributed by atoms with Crippen LogP contribution in [-0.2, 0) is 20.9 Å². The third kappa shape index (κ3) is 7.93. The molecule has 1 unspecified atom stereocenters. The summed E-state index contributed by atoms with van der Waals surface area (Å²) in [7, 11) is 0. The monoisotopic (exact) mass is 455 g/mol. The molecule has 2 aliphatic carbocycles. The average Bonchev–Trinajstić information content (AvgIpc) is 2.82. The Hall–Kier alpha value is -2.80. The van der Waals surface area contributed by atoms with Crippen LogP contribution in [0.25, 0.3) is 0 Å². The Morgan fingerprint density at radius 3 is 2.52 bits per heavy atom. The van der Waals surface area contributed by atoms with Crippen molar-refractivity contribution in [3.63, 3.8) is 0 Å². The lowest BCUT2D eigenvalue weighted by atomic mass is 9.81. The molecule has 3 rings (SSSR count). The average molecular weight is 456 g/mol. The molecule has 0 saturated heterocycles. The molecule has 1 atom stereocenters. The second kappa shape index (κ2) is 12.4. The number of allylic oxidation sites excluding steroid dienone is 1. The van der Waals surface area contributed by atoms with Crippen molar-refractivity contribution in [1.29, 1.82) is 0 Å². The lowest BCUT2D eigenvalue weighted by Gasteiger charge is -2.36. The molecular weight excluding hydrogens is 418 g/mol. The summed E-state index contributed by atoms with van der Waals surface area (Å²) in [5, 5.41) is 9.33. The smallest absolute Gasteiger partial charge is 0.408 e. The third-order valence-corrected chi connectivity index (χ3v) is 5.95. The highest BCUT2D eigenvalue weighted by Crippen LogP contribution is 2.28. The van der Waals surface area contributed by atoms with Crippen LogP contribution in [0.1, 0.15) is 57.9 Å². The third-order valence-electron chi connectivity index (χ3n) is 5.95. The number of rotatable bonds is 10. The van der Waals surface area contributed by atoms with Gasteiger partial charge in [-0.15, -0.1) is 0 Å². The van der Waals surface area contributed by atoms with Crippen LogP contribution in [0.5, 0.6) is 0 Å². The number of carbonyl (C=O) groups is 2. The Morgan fingerprint density at radius 2 is 1.85 bits per heavy atom. The van der Waals surface area contributed by atoms with Gasteiger partial charge in [0.2, 0.25) is 5.91 Å². The zero-order valence-electron chi connectivity index (χ0n) is 19.8. The molecule has 0 aliphatic heterocycles. The standard InChI is InChI=1S/C26H37N3O4/c1-20(2)33-23-13-11-22(12-14-23)27-17-18-28-24(30)26(15-7-4-8-16-26)29-25(31)32-19-21-9-5-3-6-10-21/h3,5-6,9-11,13-14,20,22,27H,4,7-8,12,15-19H2,1-2H3,(H,28,30)(H,29,31). The van der Waals surface area contributed by atoms with E-state index in [9.17, 15) is 9.59 Å². The lowest BCUT2D eigenvalue weighted by molar-refractivity contribution is -0.128. The highest BCUT2D eigenvalue weighted by atomic mass is 16.5. The topological polar surface area (TPSA) is 88.7 Å². The van der Waals surface area contributed by atoms with Crippen LogP contribution in [0.4, 0.5) is 4.79 Å². The van der Waals surface area contributed by atoms with Gasteiger partial charge >= 0.3 is 6.09 Å². The van der Waals surface area contributed by atoms with E-state index in [4.69, 9.17) is 9.47 Å². The fourth-order valence-electron chi connectivity index (χ4n) is 4.23. The Morgan fingerprint density at radius 1 is 1.09 bits per heavy atom. The van der Waals surface area contributed by atoms with Crippen molar-refractivity contribution >= 4 is 12.0 Å². The van der Waals surface area contributed by atoms with Gasteiger partial charge in [0.25, 0.3) is 0 Å². The zero-order chi connectivity index (χ0) is 23.5. The number of alkyl carbamates (subject to hydrolysis) is 1. The van der Waals surface area contributed by atoms with Gasteiger partial charge in [-0.25, -0.2) is 4.79 Å². The quantitative estimate of drug-likeness (QED) is 0.465. The summed E-state index contributed by atoms with van der Waals surface area (Å²) in [6.45, 7) is 5.34. The molecule has 33 heavy (non-hydrogen) atoms. The zero-order valence-corrected chi connectivity index (χ0v) is 19.8. The highest BCUT2D eigenvalue weighted by Gasteiger charge is 2.41. The van der Waals surface area contributed by atoms with Gasteiger partial charge in [-0.2, -0.15) is 0 Å². The second-order valence-corrected chi connectivity index (χ2v) is 9.01. The number of hydrogen-bond acceptors (Lipinski definition) is 5. The number of benzene rings is 1. The first-order valence-corrected chi connectivity index (χ1v) is 12.0. The normalized spacial score (nSPS) is 19.5. The van der Waals surface area contributed by atoms with Crippen LogP contribution in [0.2, 0.25) is 0 Å². The molecule has 7 heteroatoms. The van der Waals surface area contributed by atoms with Crippen LogP contribution in [0, 0.1) is 0 Å². The first-order valence-electron chi connectivity index (χ1n) is 12.0. The maximum absolute atomic E-state index is 13.1. The van der Waals surface area contributed by atoms with Crippen molar-refractivity contribution in [1.82, 2.24) is 16.0 Å². The van der Waals surface area contributed by atoms with E-state index in [1.54, 1.807) is 0 Å². The lowest BCUT2D eigenvalue weighted by Crippen LogP contribution is -2.60. The summed E-state index contributed by atoms with van der Waals surface area (Å²) < 4.78 is 11.1. The summed E-state index contributed by atoms with van der Waals surface area (Å²) in [6, 6.07) is 9.74. The van der Waals surface area contributed by atoms with E-state index >= 15 is 0 Å². The highest BCUT2D eigenvalue weighted by molar-refractivity contribution is 5.90. The Balaban J connectivity index is 1.43. The molecule has 1 aromatic rings. The molecule has 1 aromatic carbocycles. The first-order chi connectivity index (χ1) is 16.0. The molecule has 0 radical (unpaired) electrons. The number of amides is 2. The molecule has 0 bridgehead atoms. The van der Waals surface area contributed by atoms with Crippen LogP contribution >= 0.6 is 0 Å². The van der Waals surface area contributed by atoms with Gasteiger partial charge in [-0.1, -0.05) is 55.7 Å². The molecule has 180 valence electrons.